The third kappa shape index (κ3) is 4.10. The molecule has 1 aliphatic rings. The molecule has 0 fully saturated rings. The second-order valence-corrected chi connectivity index (χ2v) is 8.82. The summed E-state index contributed by atoms with van der Waals surface area (Å²) in [6, 6.07) is 10.1. The summed E-state index contributed by atoms with van der Waals surface area (Å²) in [5, 5.41) is 0. The maximum Gasteiger partial charge on any atom is 0.326 e. The van der Waals surface area contributed by atoms with E-state index in [2.05, 4.69) is 23.2 Å². The van der Waals surface area contributed by atoms with Gasteiger partial charge in [0.1, 0.15) is 6.54 Å². The largest absolute Gasteiger partial charge is 0.465 e. The zero-order valence-corrected chi connectivity index (χ0v) is 18.5. The summed E-state index contributed by atoms with van der Waals surface area (Å²) in [5.41, 5.74) is 6.30. The van der Waals surface area contributed by atoms with Gasteiger partial charge in [0.25, 0.3) is 5.91 Å². The predicted octanol–water partition coefficient (Wildman–Crippen LogP) is 4.50. The Kier molecular flexibility index (Phi) is 5.86. The van der Waals surface area contributed by atoms with Crippen molar-refractivity contribution in [2.75, 3.05) is 6.61 Å². The van der Waals surface area contributed by atoms with E-state index >= 15 is 0 Å². The summed E-state index contributed by atoms with van der Waals surface area (Å²) in [5.74, 6) is -0.609. The van der Waals surface area contributed by atoms with Crippen LogP contribution in [0.3, 0.4) is 0 Å². The monoisotopic (exact) mass is 422 g/mol. The van der Waals surface area contributed by atoms with Crippen LogP contribution in [0.15, 0.2) is 35.3 Å². The standard InChI is InChI=1S/C24H26N2O3S/c1-4-29-21(27)14-26-22-16(3)11-15(2)12-20(22)30-24(26)25-23(28)19-10-9-17-7-5-6-8-18(17)13-19/h9-13H,4-8,14H2,1-3H3. The Morgan fingerprint density at radius 3 is 2.63 bits per heavy atom. The maximum absolute atomic E-state index is 13.0. The number of carbonyl (C=O) groups is 2. The van der Waals surface area contributed by atoms with Crippen molar-refractivity contribution in [3.63, 3.8) is 0 Å². The van der Waals surface area contributed by atoms with E-state index in [1.165, 1.54) is 28.9 Å². The molecule has 0 saturated heterocycles. The van der Waals surface area contributed by atoms with Crippen molar-refractivity contribution >= 4 is 33.4 Å². The van der Waals surface area contributed by atoms with Gasteiger partial charge in [-0.15, -0.1) is 0 Å². The van der Waals surface area contributed by atoms with Crippen LogP contribution in [0.25, 0.3) is 10.2 Å². The lowest BCUT2D eigenvalue weighted by Gasteiger charge is -2.15. The molecule has 0 aliphatic heterocycles. The SMILES string of the molecule is CCOC(=O)Cn1c(=NC(=O)c2ccc3c(c2)CCCC3)sc2cc(C)cc(C)c21. The van der Waals surface area contributed by atoms with E-state index in [0.29, 0.717) is 17.0 Å². The van der Waals surface area contributed by atoms with Crippen molar-refractivity contribution in [3.05, 3.63) is 63.0 Å². The van der Waals surface area contributed by atoms with E-state index in [1.54, 1.807) is 6.92 Å². The lowest BCUT2D eigenvalue weighted by Crippen LogP contribution is -2.23. The topological polar surface area (TPSA) is 60.7 Å². The average molecular weight is 423 g/mol. The lowest BCUT2D eigenvalue weighted by atomic mass is 9.90. The third-order valence-corrected chi connectivity index (χ3v) is 6.52. The number of hydrogen-bond acceptors (Lipinski definition) is 4. The summed E-state index contributed by atoms with van der Waals surface area (Å²) in [6.45, 7) is 6.19. The van der Waals surface area contributed by atoms with E-state index in [1.807, 2.05) is 30.5 Å². The molecule has 1 aromatic heterocycles. The highest BCUT2D eigenvalue weighted by molar-refractivity contribution is 7.16. The van der Waals surface area contributed by atoms with Gasteiger partial charge < -0.3 is 9.30 Å². The number of rotatable bonds is 4. The van der Waals surface area contributed by atoms with Gasteiger partial charge >= 0.3 is 5.97 Å². The van der Waals surface area contributed by atoms with Crippen LogP contribution in [0.1, 0.15) is 52.4 Å². The van der Waals surface area contributed by atoms with E-state index < -0.39 is 0 Å². The van der Waals surface area contributed by atoms with Crippen LogP contribution < -0.4 is 4.80 Å². The third-order valence-electron chi connectivity index (χ3n) is 5.50. The molecule has 0 atom stereocenters. The molecule has 6 heteroatoms. The summed E-state index contributed by atoms with van der Waals surface area (Å²) < 4.78 is 7.97. The van der Waals surface area contributed by atoms with Gasteiger partial charge in [0, 0.05) is 5.56 Å². The molecule has 5 nitrogen and oxygen atoms in total. The number of fused-ring (bicyclic) bond motifs is 2. The molecule has 2 aromatic carbocycles. The molecule has 30 heavy (non-hydrogen) atoms. The Labute approximate surface area is 180 Å². The first-order chi connectivity index (χ1) is 14.5. The zero-order chi connectivity index (χ0) is 21.3. The van der Waals surface area contributed by atoms with Crippen LogP contribution in [-0.2, 0) is 28.9 Å². The first-order valence-electron chi connectivity index (χ1n) is 10.4. The molecule has 3 aromatic rings. The fourth-order valence-electron chi connectivity index (χ4n) is 4.18. The van der Waals surface area contributed by atoms with Crippen LogP contribution in [-0.4, -0.2) is 23.1 Å². The lowest BCUT2D eigenvalue weighted by molar-refractivity contribution is -0.143. The Morgan fingerprint density at radius 1 is 1.10 bits per heavy atom. The minimum Gasteiger partial charge on any atom is -0.465 e. The van der Waals surface area contributed by atoms with E-state index in [4.69, 9.17) is 4.74 Å². The molecule has 0 unspecified atom stereocenters. The maximum atomic E-state index is 13.0. The second-order valence-electron chi connectivity index (χ2n) is 7.81. The molecule has 1 heterocycles. The fourth-order valence-corrected chi connectivity index (χ4v) is 5.38. The Hall–Kier alpha value is -2.73. The van der Waals surface area contributed by atoms with Gasteiger partial charge in [0.15, 0.2) is 4.80 Å². The molecular weight excluding hydrogens is 396 g/mol. The van der Waals surface area contributed by atoms with Crippen LogP contribution in [0.4, 0.5) is 0 Å². The van der Waals surface area contributed by atoms with Crippen molar-refractivity contribution in [2.45, 2.75) is 53.0 Å². The Bertz CT molecular complexity index is 1200. The highest BCUT2D eigenvalue weighted by Crippen LogP contribution is 2.24. The first kappa shape index (κ1) is 20.5. The molecule has 1 aliphatic carbocycles. The summed E-state index contributed by atoms with van der Waals surface area (Å²) >= 11 is 1.43. The average Bonchev–Trinajstić information content (AvgIpc) is 3.04. The number of aromatic nitrogens is 1. The van der Waals surface area contributed by atoms with Crippen LogP contribution in [0.2, 0.25) is 0 Å². The van der Waals surface area contributed by atoms with Gasteiger partial charge in [-0.2, -0.15) is 4.99 Å². The quantitative estimate of drug-likeness (QED) is 0.582. The van der Waals surface area contributed by atoms with Crippen molar-refractivity contribution in [3.8, 4) is 0 Å². The van der Waals surface area contributed by atoms with Crippen LogP contribution >= 0.6 is 11.3 Å². The van der Waals surface area contributed by atoms with Gasteiger partial charge in [0.05, 0.1) is 16.8 Å². The van der Waals surface area contributed by atoms with Gasteiger partial charge in [-0.1, -0.05) is 23.5 Å². The minimum absolute atomic E-state index is 0.0358. The van der Waals surface area contributed by atoms with Gasteiger partial charge in [-0.3, -0.25) is 9.59 Å². The summed E-state index contributed by atoms with van der Waals surface area (Å²) in [6.07, 6.45) is 4.46. The number of ether oxygens (including phenoxy) is 1. The summed E-state index contributed by atoms with van der Waals surface area (Å²) in [4.78, 5) is 30.2. The molecule has 1 amide bonds. The number of esters is 1. The molecule has 0 bridgehead atoms. The zero-order valence-electron chi connectivity index (χ0n) is 17.7. The van der Waals surface area contributed by atoms with Crippen molar-refractivity contribution in [2.24, 2.45) is 4.99 Å². The number of amides is 1. The van der Waals surface area contributed by atoms with Crippen LogP contribution in [0, 0.1) is 13.8 Å². The molecular formula is C24H26N2O3S. The van der Waals surface area contributed by atoms with E-state index in [9.17, 15) is 9.59 Å². The number of benzene rings is 2. The molecule has 156 valence electrons. The van der Waals surface area contributed by atoms with Crippen molar-refractivity contribution in [1.82, 2.24) is 4.57 Å². The van der Waals surface area contributed by atoms with Crippen molar-refractivity contribution in [1.29, 1.82) is 0 Å². The predicted molar refractivity (Wildman–Crippen MR) is 119 cm³/mol. The number of carbonyl (C=O) groups excluding carboxylic acids is 2. The fraction of sp³-hybridized carbons (Fsp3) is 0.375. The molecule has 4 rings (SSSR count). The first-order valence-corrected chi connectivity index (χ1v) is 11.2. The normalized spacial score (nSPS) is 14.0. The highest BCUT2D eigenvalue weighted by atomic mass is 32.1. The second kappa shape index (κ2) is 8.56. The van der Waals surface area contributed by atoms with E-state index in [0.717, 1.165) is 40.6 Å². The summed E-state index contributed by atoms with van der Waals surface area (Å²) in [7, 11) is 0. The van der Waals surface area contributed by atoms with E-state index in [-0.39, 0.29) is 18.4 Å². The Morgan fingerprint density at radius 2 is 1.87 bits per heavy atom. The van der Waals surface area contributed by atoms with Gasteiger partial charge in [-0.25, -0.2) is 0 Å². The number of hydrogen-bond donors (Lipinski definition) is 0. The molecule has 0 spiro atoms. The molecule has 0 saturated carbocycles. The highest BCUT2D eigenvalue weighted by Gasteiger charge is 2.16. The van der Waals surface area contributed by atoms with Crippen LogP contribution in [0.5, 0.6) is 0 Å². The number of thiazole rings is 1. The number of aryl methyl sites for hydroxylation is 4. The van der Waals surface area contributed by atoms with Gasteiger partial charge in [-0.05, 0) is 86.9 Å². The molecule has 0 radical (unpaired) electrons. The Balaban J connectivity index is 1.80. The molecule has 0 N–H and O–H groups in total. The smallest absolute Gasteiger partial charge is 0.326 e. The minimum atomic E-state index is -0.333. The number of nitrogens with zero attached hydrogens (tertiary/aromatic N) is 2. The van der Waals surface area contributed by atoms with Crippen molar-refractivity contribution < 1.29 is 14.3 Å². The van der Waals surface area contributed by atoms with Gasteiger partial charge in [0.2, 0.25) is 0 Å².